The summed E-state index contributed by atoms with van der Waals surface area (Å²) in [6.07, 6.45) is 5.04. The number of aliphatic hydroxyl groups is 1. The highest BCUT2D eigenvalue weighted by atomic mass is 16.5. The van der Waals surface area contributed by atoms with Gasteiger partial charge in [-0.1, -0.05) is 65.0 Å². The molecule has 3 aliphatic rings. The third kappa shape index (κ3) is 5.42. The lowest BCUT2D eigenvalue weighted by Crippen LogP contribution is -2.62. The van der Waals surface area contributed by atoms with E-state index in [4.69, 9.17) is 4.74 Å². The number of aliphatic hydroxyl groups excluding tert-OH is 1. The fourth-order valence-electron chi connectivity index (χ4n) is 8.67. The van der Waals surface area contributed by atoms with E-state index in [0.29, 0.717) is 25.1 Å². The van der Waals surface area contributed by atoms with E-state index in [1.54, 1.807) is 22.0 Å². The number of nitrogens with zero attached hydrogens (tertiary/aromatic N) is 3. The molecule has 1 N–H and O–H groups in total. The Kier molecular flexibility index (Phi) is 9.32. The number of para-hydroxylation sites is 1. The van der Waals surface area contributed by atoms with Gasteiger partial charge in [0.25, 0.3) is 0 Å². The predicted molar refractivity (Wildman–Crippen MR) is 174 cm³/mol. The first-order valence-corrected chi connectivity index (χ1v) is 16.1. The number of benzene rings is 1. The second-order valence-corrected chi connectivity index (χ2v) is 15.1. The summed E-state index contributed by atoms with van der Waals surface area (Å²) in [6, 6.07) is 7.81. The molecule has 242 valence electrons. The summed E-state index contributed by atoms with van der Waals surface area (Å²) in [6.45, 7) is 24.5. The molecule has 7 atom stereocenters. The van der Waals surface area contributed by atoms with Gasteiger partial charge in [0.15, 0.2) is 0 Å². The lowest BCUT2D eigenvalue weighted by molar-refractivity contribution is -0.159. The number of amides is 3. The third-order valence-corrected chi connectivity index (χ3v) is 10.2. The number of likely N-dealkylation sites (tertiary alicyclic amines) is 1. The second-order valence-electron chi connectivity index (χ2n) is 15.1. The first kappa shape index (κ1) is 33.9. The van der Waals surface area contributed by atoms with Gasteiger partial charge in [0.05, 0.1) is 30.1 Å². The largest absolute Gasteiger partial charge is 0.394 e. The Balaban J connectivity index is 1.89. The van der Waals surface area contributed by atoms with Crippen LogP contribution in [0.2, 0.25) is 0 Å². The monoisotopic (exact) mass is 607 g/mol. The van der Waals surface area contributed by atoms with E-state index in [-0.39, 0.29) is 42.2 Å². The molecule has 3 saturated heterocycles. The van der Waals surface area contributed by atoms with Gasteiger partial charge in [0.2, 0.25) is 17.7 Å². The number of rotatable bonds is 12. The van der Waals surface area contributed by atoms with Crippen LogP contribution >= 0.6 is 0 Å². The van der Waals surface area contributed by atoms with Crippen LogP contribution in [0.4, 0.5) is 5.69 Å². The molecule has 3 aliphatic heterocycles. The molecular formula is C36H53N3O5. The third-order valence-electron chi connectivity index (χ3n) is 10.2. The minimum atomic E-state index is -1.21. The molecule has 8 nitrogen and oxygen atoms in total. The Morgan fingerprint density at radius 3 is 2.25 bits per heavy atom. The summed E-state index contributed by atoms with van der Waals surface area (Å²) in [7, 11) is 0. The average Bonchev–Trinajstić information content (AvgIpc) is 3.46. The van der Waals surface area contributed by atoms with Crippen molar-refractivity contribution in [3.8, 4) is 0 Å². The van der Waals surface area contributed by atoms with Crippen LogP contribution in [0.15, 0.2) is 55.6 Å². The van der Waals surface area contributed by atoms with Crippen molar-refractivity contribution in [2.75, 3.05) is 24.6 Å². The fourth-order valence-corrected chi connectivity index (χ4v) is 8.67. The van der Waals surface area contributed by atoms with E-state index in [2.05, 4.69) is 54.7 Å². The maximum atomic E-state index is 15.0. The van der Waals surface area contributed by atoms with E-state index >= 15 is 4.79 Å². The van der Waals surface area contributed by atoms with Crippen LogP contribution in [0.25, 0.3) is 0 Å². The van der Waals surface area contributed by atoms with Crippen LogP contribution in [0, 0.1) is 23.2 Å². The van der Waals surface area contributed by atoms with Gasteiger partial charge < -0.3 is 24.5 Å². The molecule has 3 amide bonds. The van der Waals surface area contributed by atoms with E-state index < -0.39 is 40.7 Å². The normalized spacial score (nSPS) is 30.2. The summed E-state index contributed by atoms with van der Waals surface area (Å²) in [5.41, 5.74) is -2.09. The smallest absolute Gasteiger partial charge is 0.249 e. The number of fused-ring (bicyclic) bond motifs is 1. The van der Waals surface area contributed by atoms with Crippen molar-refractivity contribution in [2.45, 2.75) is 103 Å². The van der Waals surface area contributed by atoms with Gasteiger partial charge in [-0.3, -0.25) is 14.4 Å². The molecule has 3 fully saturated rings. The Morgan fingerprint density at radius 1 is 1.11 bits per heavy atom. The standard InChI is InChI=1S/C36H53N3O5/c1-11-19-37(26-17-15-14-16-18-26)30(41)27-28-31(42)39(25(13-3)22-40)29(36(28)21-24(4)35(27,10)44-36)32(43)38(20-12-2)34(8,9)23-33(5,6)7/h11-12,14-18,24-25,27-29,40H,1-2,13,19-23H2,3-10H3/t24?,25-,27-,28-,29?,35+,36?/m0/s1. The Bertz CT molecular complexity index is 1270. The number of ether oxygens (including phenoxy) is 1. The minimum Gasteiger partial charge on any atom is -0.394 e. The zero-order valence-electron chi connectivity index (χ0n) is 28.0. The zero-order valence-corrected chi connectivity index (χ0v) is 28.0. The maximum Gasteiger partial charge on any atom is 0.249 e. The molecule has 0 aromatic heterocycles. The average molecular weight is 608 g/mol. The van der Waals surface area contributed by atoms with Gasteiger partial charge in [-0.15, -0.1) is 13.2 Å². The first-order valence-electron chi connectivity index (χ1n) is 16.1. The summed E-state index contributed by atoms with van der Waals surface area (Å²) in [5, 5.41) is 10.5. The van der Waals surface area contributed by atoms with Crippen molar-refractivity contribution in [1.82, 2.24) is 9.80 Å². The summed E-state index contributed by atoms with van der Waals surface area (Å²) in [4.78, 5) is 49.5. The molecule has 3 heterocycles. The Labute approximate surface area is 264 Å². The van der Waals surface area contributed by atoms with E-state index in [9.17, 15) is 14.7 Å². The number of carbonyl (C=O) groups excluding carboxylic acids is 3. The molecule has 0 aliphatic carbocycles. The highest BCUT2D eigenvalue weighted by molar-refractivity contribution is 6.03. The highest BCUT2D eigenvalue weighted by Crippen LogP contribution is 2.66. The van der Waals surface area contributed by atoms with E-state index in [0.717, 1.165) is 6.42 Å². The van der Waals surface area contributed by atoms with E-state index in [1.165, 1.54) is 0 Å². The molecule has 3 unspecified atom stereocenters. The molecule has 44 heavy (non-hydrogen) atoms. The molecule has 1 aromatic carbocycles. The van der Waals surface area contributed by atoms with Crippen molar-refractivity contribution in [3.63, 3.8) is 0 Å². The highest BCUT2D eigenvalue weighted by Gasteiger charge is 2.80. The SMILES string of the molecule is C=CCN(C(=O)[C@@H]1[C@H]2C(=O)N([C@@H](CC)CO)C(C(=O)N(CC=C)C(C)(C)CC(C)(C)C)C23CC(C)[C@@]1(C)O3)c1ccccc1. The summed E-state index contributed by atoms with van der Waals surface area (Å²) in [5.74, 6) is -2.51. The van der Waals surface area contributed by atoms with Crippen molar-refractivity contribution in [1.29, 1.82) is 0 Å². The van der Waals surface area contributed by atoms with Crippen molar-refractivity contribution in [2.24, 2.45) is 23.2 Å². The lowest BCUT2D eigenvalue weighted by atomic mass is 9.62. The molecule has 0 saturated carbocycles. The topological polar surface area (TPSA) is 90.4 Å². The van der Waals surface area contributed by atoms with Gasteiger partial charge in [-0.05, 0) is 63.5 Å². The van der Waals surface area contributed by atoms with Crippen LogP contribution in [0.5, 0.6) is 0 Å². The van der Waals surface area contributed by atoms with Crippen LogP contribution in [0.3, 0.4) is 0 Å². The molecule has 1 spiro atoms. The van der Waals surface area contributed by atoms with Crippen molar-refractivity contribution >= 4 is 23.4 Å². The van der Waals surface area contributed by atoms with Crippen LogP contribution in [-0.4, -0.2) is 81.1 Å². The molecular weight excluding hydrogens is 554 g/mol. The summed E-state index contributed by atoms with van der Waals surface area (Å²) >= 11 is 0. The molecule has 8 heteroatoms. The van der Waals surface area contributed by atoms with E-state index in [1.807, 2.05) is 49.1 Å². The molecule has 2 bridgehead atoms. The quantitative estimate of drug-likeness (QED) is 0.329. The number of hydrogen-bond acceptors (Lipinski definition) is 5. The number of anilines is 1. The van der Waals surface area contributed by atoms with Crippen LogP contribution < -0.4 is 4.90 Å². The summed E-state index contributed by atoms with van der Waals surface area (Å²) < 4.78 is 7.01. The lowest BCUT2D eigenvalue weighted by Gasteiger charge is -2.46. The first-order chi connectivity index (χ1) is 20.5. The van der Waals surface area contributed by atoms with Gasteiger partial charge >= 0.3 is 0 Å². The van der Waals surface area contributed by atoms with Crippen LogP contribution in [0.1, 0.15) is 74.7 Å². The number of carbonyl (C=O) groups is 3. The predicted octanol–water partition coefficient (Wildman–Crippen LogP) is 5.22. The second kappa shape index (κ2) is 12.1. The maximum absolute atomic E-state index is 15.0. The Morgan fingerprint density at radius 2 is 1.73 bits per heavy atom. The number of hydrogen-bond donors (Lipinski definition) is 1. The van der Waals surface area contributed by atoms with Gasteiger partial charge in [0, 0.05) is 24.3 Å². The van der Waals surface area contributed by atoms with Gasteiger partial charge in [-0.25, -0.2) is 0 Å². The zero-order chi connectivity index (χ0) is 32.8. The minimum absolute atomic E-state index is 0.0693. The molecule has 1 aromatic rings. The van der Waals surface area contributed by atoms with Gasteiger partial charge in [-0.2, -0.15) is 0 Å². The molecule has 0 radical (unpaired) electrons. The van der Waals surface area contributed by atoms with Crippen molar-refractivity contribution < 1.29 is 24.2 Å². The molecule has 4 rings (SSSR count). The Hall–Kier alpha value is -2.97. The fraction of sp³-hybridized carbons (Fsp3) is 0.639. The van der Waals surface area contributed by atoms with Crippen molar-refractivity contribution in [3.05, 3.63) is 55.6 Å². The van der Waals surface area contributed by atoms with Gasteiger partial charge in [0.1, 0.15) is 11.6 Å². The van der Waals surface area contributed by atoms with Crippen LogP contribution in [-0.2, 0) is 19.1 Å².